The molecule has 0 aliphatic carbocycles. The molecule has 8 nitrogen and oxygen atoms in total. The second-order valence-electron chi connectivity index (χ2n) is 10.1. The highest BCUT2D eigenvalue weighted by Gasteiger charge is 2.27. The number of hydrogen-bond acceptors (Lipinski definition) is 7. The van der Waals surface area contributed by atoms with Crippen molar-refractivity contribution in [2.45, 2.75) is 27.7 Å². The van der Waals surface area contributed by atoms with Gasteiger partial charge in [0.15, 0.2) is 0 Å². The quantitative estimate of drug-likeness (QED) is 0.291. The summed E-state index contributed by atoms with van der Waals surface area (Å²) in [4.78, 5) is 39.7. The van der Waals surface area contributed by atoms with Crippen molar-refractivity contribution in [3.05, 3.63) is 85.7 Å². The zero-order valence-electron chi connectivity index (χ0n) is 23.5. The number of carbonyl (C=O) groups excluding carboxylic acids is 1. The molecule has 1 aliphatic heterocycles. The molecular weight excluding hydrogens is 558 g/mol. The van der Waals surface area contributed by atoms with Crippen molar-refractivity contribution in [3.8, 4) is 33.4 Å². The summed E-state index contributed by atoms with van der Waals surface area (Å²) in [6.45, 7) is 10.6. The monoisotopic (exact) mass is 589 g/mol. The number of nitrogens with one attached hydrogen (secondary N) is 1. The Bertz CT molecular complexity index is 1670. The molecule has 4 aromatic rings. The number of aromatic nitrogens is 3. The first-order chi connectivity index (χ1) is 19.8. The number of aryl methyl sites for hydroxylation is 1. The van der Waals surface area contributed by atoms with Gasteiger partial charge in [0.25, 0.3) is 11.5 Å². The summed E-state index contributed by atoms with van der Waals surface area (Å²) in [5.41, 5.74) is 4.84. The predicted molar refractivity (Wildman–Crippen MR) is 165 cm³/mol. The smallest absolute Gasteiger partial charge is 0.266 e. The second-order valence-corrected chi connectivity index (χ2v) is 11.4. The van der Waals surface area contributed by atoms with Crippen LogP contribution in [0.4, 0.5) is 0 Å². The molecule has 1 fully saturated rings. The lowest BCUT2D eigenvalue weighted by Crippen LogP contribution is -2.47. The average Bonchev–Trinajstić information content (AvgIpc) is 3.45. The number of nitrogens with zero attached hydrogens (tertiary/aromatic N) is 4. The molecule has 0 saturated carbocycles. The van der Waals surface area contributed by atoms with Crippen molar-refractivity contribution in [1.29, 1.82) is 0 Å². The summed E-state index contributed by atoms with van der Waals surface area (Å²) in [5.74, 6) is 0.185. The lowest BCUT2D eigenvalue weighted by atomic mass is 10.0. The fraction of sp³-hybridized carbons (Fsp3) is 0.290. The van der Waals surface area contributed by atoms with Crippen LogP contribution in [0.15, 0.2) is 58.3 Å². The van der Waals surface area contributed by atoms with Gasteiger partial charge < -0.3 is 15.0 Å². The van der Waals surface area contributed by atoms with Gasteiger partial charge in [-0.05, 0) is 63.6 Å². The zero-order valence-corrected chi connectivity index (χ0v) is 25.1. The number of amides is 1. The molecule has 3 aromatic heterocycles. The summed E-state index contributed by atoms with van der Waals surface area (Å²) in [5, 5.41) is 6.36. The Kier molecular flexibility index (Phi) is 8.68. The Labute approximate surface area is 248 Å². The van der Waals surface area contributed by atoms with Gasteiger partial charge in [-0.15, -0.1) is 11.3 Å². The highest BCUT2D eigenvalue weighted by molar-refractivity contribution is 7.13. The van der Waals surface area contributed by atoms with E-state index in [1.807, 2.05) is 62.3 Å². The largest absolute Gasteiger partial charge is 0.476 e. The molecule has 0 unspecified atom stereocenters. The van der Waals surface area contributed by atoms with E-state index in [9.17, 15) is 9.59 Å². The molecule has 1 N–H and O–H groups in total. The van der Waals surface area contributed by atoms with Gasteiger partial charge in [0, 0.05) is 48.3 Å². The van der Waals surface area contributed by atoms with Crippen LogP contribution >= 0.6 is 22.9 Å². The Morgan fingerprint density at radius 3 is 2.59 bits per heavy atom. The Hall–Kier alpha value is -3.79. The van der Waals surface area contributed by atoms with E-state index in [4.69, 9.17) is 21.3 Å². The minimum Gasteiger partial charge on any atom is -0.476 e. The van der Waals surface area contributed by atoms with Gasteiger partial charge in [-0.1, -0.05) is 29.3 Å². The molecule has 1 amide bonds. The van der Waals surface area contributed by atoms with Crippen molar-refractivity contribution in [2.24, 2.45) is 0 Å². The third-order valence-corrected chi connectivity index (χ3v) is 7.79. The summed E-state index contributed by atoms with van der Waals surface area (Å²) < 4.78 is 7.44. The number of pyridine rings is 2. The summed E-state index contributed by atoms with van der Waals surface area (Å²) in [6, 6.07) is 11.0. The lowest BCUT2D eigenvalue weighted by molar-refractivity contribution is 0.0735. The van der Waals surface area contributed by atoms with Crippen molar-refractivity contribution in [3.63, 3.8) is 0 Å². The molecule has 41 heavy (non-hydrogen) atoms. The van der Waals surface area contributed by atoms with Crippen LogP contribution in [0.2, 0.25) is 5.02 Å². The summed E-state index contributed by atoms with van der Waals surface area (Å²) in [7, 11) is 0. The van der Waals surface area contributed by atoms with Crippen LogP contribution in [0.1, 0.15) is 42.4 Å². The molecular formula is C31H32ClN5O3S. The van der Waals surface area contributed by atoms with Crippen LogP contribution in [-0.4, -0.2) is 58.1 Å². The number of ether oxygens (including phenoxy) is 1. The maximum atomic E-state index is 14.4. The van der Waals surface area contributed by atoms with E-state index in [1.54, 1.807) is 29.0 Å². The van der Waals surface area contributed by atoms with E-state index in [2.05, 4.69) is 10.3 Å². The molecule has 4 heterocycles. The van der Waals surface area contributed by atoms with Crippen LogP contribution in [0.5, 0.6) is 5.88 Å². The van der Waals surface area contributed by atoms with Gasteiger partial charge in [0.2, 0.25) is 5.88 Å². The maximum absolute atomic E-state index is 14.4. The number of carbonyl (C=O) groups is 1. The van der Waals surface area contributed by atoms with E-state index in [1.165, 1.54) is 11.3 Å². The molecule has 0 bridgehead atoms. The number of benzene rings is 1. The lowest BCUT2D eigenvalue weighted by Gasteiger charge is -2.29. The summed E-state index contributed by atoms with van der Waals surface area (Å²) >= 11 is 7.44. The Morgan fingerprint density at radius 2 is 1.90 bits per heavy atom. The SMILES string of the molecule is CCOc1ncc(C)cc1-n1c(C=C(C)C)c(C(=O)N2CCNCC2)cc(-c2nc(-c3ccc(Cl)cc3)cs2)c1=O. The fourth-order valence-corrected chi connectivity index (χ4v) is 5.71. The highest BCUT2D eigenvalue weighted by Crippen LogP contribution is 2.32. The van der Waals surface area contributed by atoms with Crippen molar-refractivity contribution in [2.75, 3.05) is 32.8 Å². The zero-order chi connectivity index (χ0) is 29.1. The third-order valence-electron chi connectivity index (χ3n) is 6.66. The first-order valence-corrected chi connectivity index (χ1v) is 14.8. The van der Waals surface area contributed by atoms with Gasteiger partial charge in [0.05, 0.1) is 29.1 Å². The minimum atomic E-state index is -0.306. The van der Waals surface area contributed by atoms with Crippen LogP contribution in [0.25, 0.3) is 33.6 Å². The van der Waals surface area contributed by atoms with E-state index in [-0.39, 0.29) is 11.5 Å². The molecule has 0 atom stereocenters. The van der Waals surface area contributed by atoms with E-state index < -0.39 is 0 Å². The first kappa shape index (κ1) is 28.7. The summed E-state index contributed by atoms with van der Waals surface area (Å²) in [6.07, 6.45) is 3.58. The normalized spacial score (nSPS) is 13.2. The van der Waals surface area contributed by atoms with Crippen molar-refractivity contribution in [1.82, 2.24) is 24.8 Å². The maximum Gasteiger partial charge on any atom is 0.266 e. The molecule has 0 spiro atoms. The van der Waals surface area contributed by atoms with Crippen LogP contribution in [0.3, 0.4) is 0 Å². The Balaban J connectivity index is 1.80. The van der Waals surface area contributed by atoms with Crippen LogP contribution < -0.4 is 15.6 Å². The van der Waals surface area contributed by atoms with Gasteiger partial charge in [-0.3, -0.25) is 14.2 Å². The number of halogens is 1. The van der Waals surface area contributed by atoms with Gasteiger partial charge >= 0.3 is 0 Å². The van der Waals surface area contributed by atoms with Gasteiger partial charge in [-0.25, -0.2) is 9.97 Å². The van der Waals surface area contributed by atoms with Gasteiger partial charge in [-0.2, -0.15) is 0 Å². The van der Waals surface area contributed by atoms with Gasteiger partial charge in [0.1, 0.15) is 10.7 Å². The van der Waals surface area contributed by atoms with Crippen molar-refractivity contribution < 1.29 is 9.53 Å². The molecule has 1 aliphatic rings. The molecule has 212 valence electrons. The molecule has 1 aromatic carbocycles. The topological polar surface area (TPSA) is 89.3 Å². The number of piperazine rings is 1. The Morgan fingerprint density at radius 1 is 1.17 bits per heavy atom. The molecule has 5 rings (SSSR count). The number of thiazole rings is 1. The molecule has 0 radical (unpaired) electrons. The van der Waals surface area contributed by atoms with Crippen LogP contribution in [-0.2, 0) is 0 Å². The second kappa shape index (κ2) is 12.4. The van der Waals surface area contributed by atoms with E-state index in [0.29, 0.717) is 71.2 Å². The minimum absolute atomic E-state index is 0.137. The third kappa shape index (κ3) is 6.12. The molecule has 1 saturated heterocycles. The standard InChI is InChI=1S/C31H32ClN5O3S/c1-5-40-28-27(15-20(4)17-34-28)37-26(14-19(2)3)23(30(38)36-12-10-33-11-13-36)16-24(31(37)39)29-35-25(18-41-29)21-6-8-22(32)9-7-21/h6-9,14-18,33H,5,10-13H2,1-4H3. The predicted octanol–water partition coefficient (Wildman–Crippen LogP) is 5.85. The van der Waals surface area contributed by atoms with E-state index >= 15 is 0 Å². The number of rotatable bonds is 7. The highest BCUT2D eigenvalue weighted by atomic mass is 35.5. The molecule has 10 heteroatoms. The first-order valence-electron chi connectivity index (χ1n) is 13.5. The average molecular weight is 590 g/mol. The van der Waals surface area contributed by atoms with E-state index in [0.717, 1.165) is 22.4 Å². The van der Waals surface area contributed by atoms with Crippen molar-refractivity contribution >= 4 is 34.9 Å². The number of hydrogen-bond donors (Lipinski definition) is 1. The number of allylic oxidation sites excluding steroid dienone is 1. The fourth-order valence-electron chi connectivity index (χ4n) is 4.75. The van der Waals surface area contributed by atoms with Crippen LogP contribution in [0, 0.1) is 6.92 Å².